The van der Waals surface area contributed by atoms with Crippen LogP contribution < -0.4 is 5.32 Å². The predicted octanol–water partition coefficient (Wildman–Crippen LogP) is 3.35. The average molecular weight is 382 g/mol. The number of carbonyl (C=O) groups excluding carboxylic acids is 2. The van der Waals surface area contributed by atoms with Gasteiger partial charge in [0.05, 0.1) is 10.6 Å². The smallest absolute Gasteiger partial charge is 0.266 e. The summed E-state index contributed by atoms with van der Waals surface area (Å²) in [6.45, 7) is 1.74. The molecule has 2 aromatic rings. The standard InChI is InChI=1S/C14H11N3O2S4/c1-8-7-22-13(15-8)16-11(18)6-17-12(19)10(23-14(17)20)5-9-3-2-4-21-9/h2-5,7H,6H2,1H3,(H,15,16,18). The van der Waals surface area contributed by atoms with E-state index in [9.17, 15) is 9.59 Å². The molecule has 0 aromatic carbocycles. The highest BCUT2D eigenvalue weighted by molar-refractivity contribution is 8.26. The quantitative estimate of drug-likeness (QED) is 0.650. The van der Waals surface area contributed by atoms with E-state index in [4.69, 9.17) is 12.2 Å². The lowest BCUT2D eigenvalue weighted by molar-refractivity contribution is -0.126. The molecule has 0 unspecified atom stereocenters. The Labute approximate surface area is 150 Å². The number of thiocarbonyl (C=S) groups is 1. The third-order valence-corrected chi connectivity index (χ3v) is 5.93. The third kappa shape index (κ3) is 3.86. The number of nitrogens with zero attached hydrogens (tertiary/aromatic N) is 2. The molecule has 0 atom stereocenters. The van der Waals surface area contributed by atoms with E-state index in [0.717, 1.165) is 10.6 Å². The summed E-state index contributed by atoms with van der Waals surface area (Å²) in [5.41, 5.74) is 0.842. The van der Waals surface area contributed by atoms with Crippen LogP contribution in [0.25, 0.3) is 6.08 Å². The Balaban J connectivity index is 1.67. The van der Waals surface area contributed by atoms with Gasteiger partial charge in [-0.15, -0.1) is 22.7 Å². The Kier molecular flexibility index (Phi) is 4.90. The van der Waals surface area contributed by atoms with Crippen LogP contribution in [0.3, 0.4) is 0 Å². The number of rotatable bonds is 4. The number of thioether (sulfide) groups is 1. The van der Waals surface area contributed by atoms with E-state index >= 15 is 0 Å². The zero-order valence-electron chi connectivity index (χ0n) is 11.9. The molecule has 1 N–H and O–H groups in total. The SMILES string of the molecule is Cc1csc(NC(=O)CN2C(=O)C(=Cc3cccs3)SC2=S)n1. The van der Waals surface area contributed by atoms with E-state index in [2.05, 4.69) is 10.3 Å². The van der Waals surface area contributed by atoms with Crippen molar-refractivity contribution >= 4 is 74.0 Å². The van der Waals surface area contributed by atoms with E-state index in [1.165, 1.54) is 28.0 Å². The number of thiazole rings is 1. The lowest BCUT2D eigenvalue weighted by Gasteiger charge is -2.13. The Morgan fingerprint density at radius 2 is 2.30 bits per heavy atom. The lowest BCUT2D eigenvalue weighted by Crippen LogP contribution is -2.36. The molecule has 23 heavy (non-hydrogen) atoms. The zero-order chi connectivity index (χ0) is 16.4. The second-order valence-corrected chi connectivity index (χ2v) is 8.14. The van der Waals surface area contributed by atoms with Crippen molar-refractivity contribution in [2.45, 2.75) is 6.92 Å². The predicted molar refractivity (Wildman–Crippen MR) is 99.7 cm³/mol. The van der Waals surface area contributed by atoms with Gasteiger partial charge in [0.2, 0.25) is 5.91 Å². The summed E-state index contributed by atoms with van der Waals surface area (Å²) in [4.78, 5) is 31.5. The Morgan fingerprint density at radius 3 is 2.96 bits per heavy atom. The molecule has 2 amide bonds. The number of hydrogen-bond acceptors (Lipinski definition) is 7. The summed E-state index contributed by atoms with van der Waals surface area (Å²) >= 11 is 9.32. The maximum Gasteiger partial charge on any atom is 0.266 e. The Morgan fingerprint density at radius 1 is 1.48 bits per heavy atom. The molecule has 9 heteroatoms. The molecule has 0 bridgehead atoms. The van der Waals surface area contributed by atoms with Gasteiger partial charge in [0.1, 0.15) is 10.9 Å². The van der Waals surface area contributed by atoms with Crippen molar-refractivity contribution in [3.63, 3.8) is 0 Å². The fourth-order valence-corrected chi connectivity index (χ4v) is 4.53. The summed E-state index contributed by atoms with van der Waals surface area (Å²) in [5.74, 6) is -0.549. The van der Waals surface area contributed by atoms with Crippen LogP contribution in [0.15, 0.2) is 27.8 Å². The number of hydrogen-bond donors (Lipinski definition) is 1. The number of thiophene rings is 1. The minimum Gasteiger partial charge on any atom is -0.300 e. The van der Waals surface area contributed by atoms with Crippen molar-refractivity contribution in [2.24, 2.45) is 0 Å². The summed E-state index contributed by atoms with van der Waals surface area (Å²) < 4.78 is 0.392. The summed E-state index contributed by atoms with van der Waals surface area (Å²) in [6, 6.07) is 3.84. The normalized spacial score (nSPS) is 16.4. The first-order valence-corrected chi connectivity index (χ1v) is 9.52. The highest BCUT2D eigenvalue weighted by Crippen LogP contribution is 2.33. The first-order valence-electron chi connectivity index (χ1n) is 6.54. The molecule has 1 saturated heterocycles. The number of anilines is 1. The first-order chi connectivity index (χ1) is 11.0. The minimum absolute atomic E-state index is 0.106. The van der Waals surface area contributed by atoms with Crippen LogP contribution in [0.5, 0.6) is 0 Å². The zero-order valence-corrected chi connectivity index (χ0v) is 15.2. The van der Waals surface area contributed by atoms with Crippen molar-refractivity contribution in [3.05, 3.63) is 38.4 Å². The van der Waals surface area contributed by atoms with Crippen molar-refractivity contribution in [3.8, 4) is 0 Å². The number of nitrogens with one attached hydrogen (secondary N) is 1. The van der Waals surface area contributed by atoms with Gasteiger partial charge in [-0.2, -0.15) is 0 Å². The third-order valence-electron chi connectivity index (χ3n) is 2.86. The monoisotopic (exact) mass is 381 g/mol. The Hall–Kier alpha value is -1.55. The second-order valence-electron chi connectivity index (χ2n) is 4.63. The number of aromatic nitrogens is 1. The molecule has 5 nitrogen and oxygen atoms in total. The summed E-state index contributed by atoms with van der Waals surface area (Å²) in [5, 5.41) is 6.99. The molecule has 2 aromatic heterocycles. The van der Waals surface area contributed by atoms with E-state index in [0.29, 0.717) is 14.4 Å². The lowest BCUT2D eigenvalue weighted by atomic mass is 10.3. The second kappa shape index (κ2) is 6.91. The van der Waals surface area contributed by atoms with Gasteiger partial charge in [-0.3, -0.25) is 14.5 Å². The summed E-state index contributed by atoms with van der Waals surface area (Å²) in [7, 11) is 0. The minimum atomic E-state index is -0.312. The largest absolute Gasteiger partial charge is 0.300 e. The molecule has 0 spiro atoms. The average Bonchev–Trinajstić information content (AvgIpc) is 3.19. The van der Waals surface area contributed by atoms with Gasteiger partial charge in [0, 0.05) is 10.3 Å². The van der Waals surface area contributed by atoms with Crippen LogP contribution in [-0.2, 0) is 9.59 Å². The molecule has 1 aliphatic heterocycles. The fourth-order valence-electron chi connectivity index (χ4n) is 1.85. The fraction of sp³-hybridized carbons (Fsp3) is 0.143. The highest BCUT2D eigenvalue weighted by Gasteiger charge is 2.33. The molecular weight excluding hydrogens is 370 g/mol. The van der Waals surface area contributed by atoms with Crippen molar-refractivity contribution in [1.82, 2.24) is 9.88 Å². The van der Waals surface area contributed by atoms with E-state index in [1.54, 1.807) is 17.4 Å². The molecule has 3 heterocycles. The Bertz CT molecular complexity index is 795. The van der Waals surface area contributed by atoms with Gasteiger partial charge >= 0.3 is 0 Å². The molecule has 0 aliphatic carbocycles. The van der Waals surface area contributed by atoms with Crippen molar-refractivity contribution in [2.75, 3.05) is 11.9 Å². The van der Waals surface area contributed by atoms with Crippen molar-refractivity contribution in [1.29, 1.82) is 0 Å². The molecular formula is C14H11N3O2S4. The maximum absolute atomic E-state index is 12.4. The van der Waals surface area contributed by atoms with E-state index < -0.39 is 0 Å². The van der Waals surface area contributed by atoms with Gasteiger partial charge in [0.15, 0.2) is 5.13 Å². The molecule has 0 radical (unpaired) electrons. The molecule has 118 valence electrons. The van der Waals surface area contributed by atoms with Crippen LogP contribution in [0, 0.1) is 6.92 Å². The number of aryl methyl sites for hydroxylation is 1. The number of carbonyl (C=O) groups is 2. The van der Waals surface area contributed by atoms with Gasteiger partial charge in [-0.05, 0) is 24.4 Å². The van der Waals surface area contributed by atoms with Crippen LogP contribution >= 0.6 is 46.7 Å². The summed E-state index contributed by atoms with van der Waals surface area (Å²) in [6.07, 6.45) is 1.80. The van der Waals surface area contributed by atoms with Gasteiger partial charge in [0.25, 0.3) is 5.91 Å². The van der Waals surface area contributed by atoms with Gasteiger partial charge in [-0.1, -0.05) is 30.0 Å². The van der Waals surface area contributed by atoms with Gasteiger partial charge in [-0.25, -0.2) is 4.98 Å². The van der Waals surface area contributed by atoms with Crippen LogP contribution in [-0.4, -0.2) is 32.6 Å². The first kappa shape index (κ1) is 16.3. The molecule has 0 saturated carbocycles. The molecule has 3 rings (SSSR count). The number of amides is 2. The topological polar surface area (TPSA) is 62.3 Å². The van der Waals surface area contributed by atoms with Gasteiger partial charge < -0.3 is 5.32 Å². The van der Waals surface area contributed by atoms with Crippen LogP contribution in [0.4, 0.5) is 5.13 Å². The van der Waals surface area contributed by atoms with E-state index in [-0.39, 0.29) is 18.4 Å². The van der Waals surface area contributed by atoms with Crippen molar-refractivity contribution < 1.29 is 9.59 Å². The maximum atomic E-state index is 12.4. The molecule has 1 aliphatic rings. The van der Waals surface area contributed by atoms with Crippen LogP contribution in [0.1, 0.15) is 10.6 Å². The highest BCUT2D eigenvalue weighted by atomic mass is 32.2. The van der Waals surface area contributed by atoms with E-state index in [1.807, 2.05) is 29.8 Å². The van der Waals surface area contributed by atoms with Crippen LogP contribution in [0.2, 0.25) is 0 Å². The molecule has 1 fully saturated rings.